The van der Waals surface area contributed by atoms with Crippen LogP contribution in [0.25, 0.3) is 0 Å². The van der Waals surface area contributed by atoms with Crippen molar-refractivity contribution in [2.45, 2.75) is 78.0 Å². The highest BCUT2D eigenvalue weighted by atomic mass is 16.3. The van der Waals surface area contributed by atoms with Gasteiger partial charge in [0.1, 0.15) is 0 Å². The van der Waals surface area contributed by atoms with Gasteiger partial charge in [-0.25, -0.2) is 0 Å². The molecule has 2 unspecified atom stereocenters. The molecule has 1 heterocycles. The van der Waals surface area contributed by atoms with Crippen molar-refractivity contribution in [3.05, 3.63) is 17.0 Å². The molecule has 2 atom stereocenters. The van der Waals surface area contributed by atoms with E-state index in [0.29, 0.717) is 0 Å². The van der Waals surface area contributed by atoms with E-state index in [-0.39, 0.29) is 12.1 Å². The fourth-order valence-electron chi connectivity index (χ4n) is 3.22. The predicted molar refractivity (Wildman–Crippen MR) is 81.8 cm³/mol. The lowest BCUT2D eigenvalue weighted by Crippen LogP contribution is -2.25. The summed E-state index contributed by atoms with van der Waals surface area (Å²) in [6.45, 7) is 8.32. The highest BCUT2D eigenvalue weighted by molar-refractivity contribution is 5.25. The third-order valence-electron chi connectivity index (χ3n) is 4.46. The first kappa shape index (κ1) is 15.5. The quantitative estimate of drug-likeness (QED) is 0.643. The zero-order valence-corrected chi connectivity index (χ0v) is 13.2. The first-order valence-corrected chi connectivity index (χ1v) is 8.08. The minimum atomic E-state index is -0.244. The van der Waals surface area contributed by atoms with Crippen LogP contribution in [0.15, 0.2) is 0 Å². The third-order valence-corrected chi connectivity index (χ3v) is 4.46. The van der Waals surface area contributed by atoms with Crippen LogP contribution in [-0.4, -0.2) is 27.5 Å². The second-order valence-corrected chi connectivity index (χ2v) is 6.04. The molecule has 0 aromatic carbocycles. The summed E-state index contributed by atoms with van der Waals surface area (Å²) in [7, 11) is 0. The Bertz CT molecular complexity index is 428. The van der Waals surface area contributed by atoms with Crippen molar-refractivity contribution in [2.75, 3.05) is 6.54 Å². The van der Waals surface area contributed by atoms with Crippen molar-refractivity contribution in [3.8, 4) is 0 Å². The zero-order chi connectivity index (χ0) is 14.5. The number of aliphatic hydroxyl groups is 1. The van der Waals surface area contributed by atoms with Gasteiger partial charge in [0, 0.05) is 17.8 Å². The maximum absolute atomic E-state index is 10.4. The normalized spacial score (nSPS) is 23.8. The van der Waals surface area contributed by atoms with Crippen LogP contribution in [0.4, 0.5) is 0 Å². The summed E-state index contributed by atoms with van der Waals surface area (Å²) in [5.74, 6) is 0. The van der Waals surface area contributed by atoms with E-state index in [4.69, 9.17) is 5.10 Å². The average molecular weight is 279 g/mol. The zero-order valence-electron chi connectivity index (χ0n) is 13.2. The van der Waals surface area contributed by atoms with Crippen LogP contribution in [0.2, 0.25) is 0 Å². The second kappa shape index (κ2) is 7.23. The van der Waals surface area contributed by atoms with E-state index in [2.05, 4.69) is 30.8 Å². The Morgan fingerprint density at radius 1 is 1.25 bits per heavy atom. The Balaban J connectivity index is 2.17. The van der Waals surface area contributed by atoms with E-state index in [1.807, 2.05) is 0 Å². The lowest BCUT2D eigenvalue weighted by Gasteiger charge is -2.22. The standard InChI is InChI=1S/C16H29N3O/c1-4-10-17-11-14-12(2)18-19(13(14)3)15-8-6-5-7-9-16(15)20/h15-17,20H,4-11H2,1-3H3. The Morgan fingerprint density at radius 3 is 2.75 bits per heavy atom. The first-order chi connectivity index (χ1) is 9.65. The van der Waals surface area contributed by atoms with Crippen molar-refractivity contribution >= 4 is 0 Å². The second-order valence-electron chi connectivity index (χ2n) is 6.04. The molecular formula is C16H29N3O. The van der Waals surface area contributed by atoms with E-state index >= 15 is 0 Å². The molecule has 1 aliphatic rings. The van der Waals surface area contributed by atoms with Gasteiger partial charge in [-0.3, -0.25) is 4.68 Å². The summed E-state index contributed by atoms with van der Waals surface area (Å²) in [5.41, 5.74) is 3.62. The maximum Gasteiger partial charge on any atom is 0.0781 e. The topological polar surface area (TPSA) is 50.1 Å². The van der Waals surface area contributed by atoms with Crippen molar-refractivity contribution in [2.24, 2.45) is 0 Å². The Hall–Kier alpha value is -0.870. The fraction of sp³-hybridized carbons (Fsp3) is 0.812. The lowest BCUT2D eigenvalue weighted by molar-refractivity contribution is 0.0977. The monoisotopic (exact) mass is 279 g/mol. The highest BCUT2D eigenvalue weighted by Crippen LogP contribution is 2.29. The van der Waals surface area contributed by atoms with E-state index < -0.39 is 0 Å². The minimum Gasteiger partial charge on any atom is -0.391 e. The van der Waals surface area contributed by atoms with Crippen LogP contribution in [0.1, 0.15) is 68.4 Å². The third kappa shape index (κ3) is 3.41. The predicted octanol–water partition coefficient (Wildman–Crippen LogP) is 2.87. The van der Waals surface area contributed by atoms with Gasteiger partial charge in [0.15, 0.2) is 0 Å². The molecule has 2 N–H and O–H groups in total. The van der Waals surface area contributed by atoms with Gasteiger partial charge in [-0.1, -0.05) is 26.2 Å². The molecule has 1 aromatic heterocycles. The molecule has 0 amide bonds. The number of aryl methyl sites for hydroxylation is 1. The summed E-state index contributed by atoms with van der Waals surface area (Å²) in [6.07, 6.45) is 6.43. The maximum atomic E-state index is 10.4. The smallest absolute Gasteiger partial charge is 0.0781 e. The van der Waals surface area contributed by atoms with Gasteiger partial charge in [-0.2, -0.15) is 5.10 Å². The number of nitrogens with zero attached hydrogens (tertiary/aromatic N) is 2. The SMILES string of the molecule is CCCNCc1c(C)nn(C2CCCCCC2O)c1C. The van der Waals surface area contributed by atoms with Gasteiger partial charge in [-0.05, 0) is 39.7 Å². The molecule has 0 bridgehead atoms. The van der Waals surface area contributed by atoms with Crippen LogP contribution in [0.3, 0.4) is 0 Å². The Kier molecular flexibility index (Phi) is 5.61. The summed E-state index contributed by atoms with van der Waals surface area (Å²) >= 11 is 0. The molecule has 1 aromatic rings. The first-order valence-electron chi connectivity index (χ1n) is 8.08. The largest absolute Gasteiger partial charge is 0.391 e. The molecule has 2 rings (SSSR count). The molecule has 1 fully saturated rings. The molecular weight excluding hydrogens is 250 g/mol. The Labute approximate surface area is 122 Å². The van der Waals surface area contributed by atoms with Crippen LogP contribution in [0.5, 0.6) is 0 Å². The molecule has 1 aliphatic carbocycles. The molecule has 1 saturated carbocycles. The molecule has 4 heteroatoms. The number of hydrogen-bond donors (Lipinski definition) is 2. The number of aromatic nitrogens is 2. The lowest BCUT2D eigenvalue weighted by atomic mass is 10.1. The van der Waals surface area contributed by atoms with E-state index in [0.717, 1.165) is 44.5 Å². The van der Waals surface area contributed by atoms with E-state index in [1.54, 1.807) is 0 Å². The average Bonchev–Trinajstić information content (AvgIpc) is 2.60. The van der Waals surface area contributed by atoms with Crippen LogP contribution >= 0.6 is 0 Å². The number of hydrogen-bond acceptors (Lipinski definition) is 3. The Morgan fingerprint density at radius 2 is 2.00 bits per heavy atom. The van der Waals surface area contributed by atoms with Gasteiger partial charge in [0.25, 0.3) is 0 Å². The van der Waals surface area contributed by atoms with E-state index in [1.165, 1.54) is 24.1 Å². The van der Waals surface area contributed by atoms with Crippen molar-refractivity contribution in [3.63, 3.8) is 0 Å². The van der Waals surface area contributed by atoms with Crippen LogP contribution in [-0.2, 0) is 6.54 Å². The summed E-state index contributed by atoms with van der Waals surface area (Å²) in [5, 5.41) is 18.5. The molecule has 0 spiro atoms. The number of aliphatic hydroxyl groups excluding tert-OH is 1. The molecule has 4 nitrogen and oxygen atoms in total. The van der Waals surface area contributed by atoms with Gasteiger partial charge >= 0.3 is 0 Å². The highest BCUT2D eigenvalue weighted by Gasteiger charge is 2.26. The number of nitrogens with one attached hydrogen (secondary N) is 1. The molecule has 114 valence electrons. The van der Waals surface area contributed by atoms with Gasteiger partial charge in [0.05, 0.1) is 17.8 Å². The summed E-state index contributed by atoms with van der Waals surface area (Å²) in [6, 6.07) is 0.163. The van der Waals surface area contributed by atoms with Gasteiger partial charge < -0.3 is 10.4 Å². The van der Waals surface area contributed by atoms with E-state index in [9.17, 15) is 5.11 Å². The van der Waals surface area contributed by atoms with Crippen LogP contribution in [0, 0.1) is 13.8 Å². The van der Waals surface area contributed by atoms with Crippen molar-refractivity contribution in [1.29, 1.82) is 0 Å². The van der Waals surface area contributed by atoms with Crippen molar-refractivity contribution in [1.82, 2.24) is 15.1 Å². The minimum absolute atomic E-state index is 0.163. The van der Waals surface area contributed by atoms with Gasteiger partial charge in [0.2, 0.25) is 0 Å². The summed E-state index contributed by atoms with van der Waals surface area (Å²) in [4.78, 5) is 0. The molecule has 20 heavy (non-hydrogen) atoms. The molecule has 0 saturated heterocycles. The molecule has 0 aliphatic heterocycles. The summed E-state index contributed by atoms with van der Waals surface area (Å²) < 4.78 is 2.09. The molecule has 0 radical (unpaired) electrons. The fourth-order valence-corrected chi connectivity index (χ4v) is 3.22. The number of rotatable bonds is 5. The van der Waals surface area contributed by atoms with Gasteiger partial charge in [-0.15, -0.1) is 0 Å². The van der Waals surface area contributed by atoms with Crippen molar-refractivity contribution < 1.29 is 5.11 Å². The van der Waals surface area contributed by atoms with Crippen LogP contribution < -0.4 is 5.32 Å².